The van der Waals surface area contributed by atoms with Gasteiger partial charge in [0.05, 0.1) is 39.7 Å². The van der Waals surface area contributed by atoms with E-state index >= 15 is 0 Å². The predicted molar refractivity (Wildman–Crippen MR) is 243 cm³/mol. The van der Waals surface area contributed by atoms with Gasteiger partial charge in [-0.3, -0.25) is 30.3 Å². The molecule has 68 heavy (non-hydrogen) atoms. The number of nitro groups is 3. The van der Waals surface area contributed by atoms with Crippen LogP contribution in [0.3, 0.4) is 0 Å². The first-order valence-electron chi connectivity index (χ1n) is 18.4. The summed E-state index contributed by atoms with van der Waals surface area (Å²) >= 11 is 7.31. The molecule has 1 saturated heterocycles. The van der Waals surface area contributed by atoms with Gasteiger partial charge in [0.1, 0.15) is 33.8 Å². The maximum atomic E-state index is 13.8. The van der Waals surface area contributed by atoms with Gasteiger partial charge in [0.25, 0.3) is 0 Å². The number of esters is 3. The van der Waals surface area contributed by atoms with E-state index < -0.39 is 86.0 Å². The monoisotopic (exact) mass is 1090 g/mol. The van der Waals surface area contributed by atoms with Crippen LogP contribution in [0.25, 0.3) is 11.1 Å². The highest BCUT2D eigenvalue weighted by Crippen LogP contribution is 2.35. The van der Waals surface area contributed by atoms with Crippen molar-refractivity contribution in [3.05, 3.63) is 140 Å². The highest BCUT2D eigenvalue weighted by Gasteiger charge is 2.36. The van der Waals surface area contributed by atoms with E-state index in [2.05, 4.69) is 24.2 Å². The molecule has 2 aromatic heterocycles. The van der Waals surface area contributed by atoms with E-state index in [4.69, 9.17) is 38.1 Å². The molecule has 6 N–H and O–H groups in total. The molecular formula is C39H35BClF4IN8O14. The molecule has 0 unspecified atom stereocenters. The van der Waals surface area contributed by atoms with E-state index in [1.54, 1.807) is 22.6 Å². The molecule has 5 aromatic rings. The van der Waals surface area contributed by atoms with Crippen LogP contribution in [0.2, 0.25) is 5.02 Å². The van der Waals surface area contributed by atoms with E-state index in [0.717, 1.165) is 51.8 Å². The minimum absolute atomic E-state index is 0.0118. The molecule has 0 bridgehead atoms. The molecule has 360 valence electrons. The van der Waals surface area contributed by atoms with Crippen molar-refractivity contribution in [2.75, 3.05) is 51.7 Å². The molecule has 22 nitrogen and oxygen atoms in total. The number of hydrogen-bond acceptors (Lipinski definition) is 19. The van der Waals surface area contributed by atoms with Crippen LogP contribution in [-0.2, 0) is 23.5 Å². The van der Waals surface area contributed by atoms with Crippen molar-refractivity contribution in [2.24, 2.45) is 5.41 Å². The van der Waals surface area contributed by atoms with Gasteiger partial charge >= 0.3 is 42.1 Å². The summed E-state index contributed by atoms with van der Waals surface area (Å²) in [6.45, 7) is 4.91. The molecule has 0 saturated carbocycles. The number of hydrogen-bond donors (Lipinski definition) is 3. The number of aromatic nitrogens is 2. The SMILES string of the molecule is COC(=O)c1cc(-c2ccnc(F)c2F)cc(N)c1[N+](=O)[O-].COC(=O)c1cc(B2OCC(C)(C)CO2)cc(N)c1[N+](=O)[O-].COC(=O)c1cc(Cl)cc(N)c1[N+](=O)[O-].Fc1nccc(I)c1F. The predicted octanol–water partition coefficient (Wildman–Crippen LogP) is 6.62. The fourth-order valence-electron chi connectivity index (χ4n) is 5.58. The van der Waals surface area contributed by atoms with E-state index in [9.17, 15) is 62.3 Å². The lowest BCUT2D eigenvalue weighted by Crippen LogP contribution is -2.47. The van der Waals surface area contributed by atoms with Gasteiger partial charge in [0, 0.05) is 41.6 Å². The third kappa shape index (κ3) is 13.9. The summed E-state index contributed by atoms with van der Waals surface area (Å²) in [5.41, 5.74) is 13.5. The highest BCUT2D eigenvalue weighted by molar-refractivity contribution is 14.1. The number of anilines is 3. The number of rotatable bonds is 8. The first-order valence-corrected chi connectivity index (χ1v) is 19.9. The summed E-state index contributed by atoms with van der Waals surface area (Å²) < 4.78 is 76.2. The number of pyridine rings is 2. The molecular weight excluding hydrogens is 1050 g/mol. The summed E-state index contributed by atoms with van der Waals surface area (Å²) in [5, 5.41) is 32.9. The lowest BCUT2D eigenvalue weighted by atomic mass is 9.75. The lowest BCUT2D eigenvalue weighted by molar-refractivity contribution is -0.384. The van der Waals surface area contributed by atoms with Gasteiger partial charge in [-0.25, -0.2) is 33.1 Å². The Morgan fingerprint density at radius 1 is 0.691 bits per heavy atom. The van der Waals surface area contributed by atoms with Crippen molar-refractivity contribution in [3.63, 3.8) is 0 Å². The Morgan fingerprint density at radius 2 is 1.10 bits per heavy atom. The zero-order valence-electron chi connectivity index (χ0n) is 35.7. The number of nitrogen functional groups attached to an aromatic ring is 3. The zero-order valence-corrected chi connectivity index (χ0v) is 38.6. The minimum atomic E-state index is -1.34. The summed E-state index contributed by atoms with van der Waals surface area (Å²) in [4.78, 5) is 71.3. The molecule has 0 radical (unpaired) electrons. The minimum Gasteiger partial charge on any atom is -0.465 e. The number of carbonyl (C=O) groups is 3. The molecule has 3 heterocycles. The Bertz CT molecular complexity index is 2750. The first kappa shape index (κ1) is 55.0. The molecule has 0 spiro atoms. The van der Waals surface area contributed by atoms with Crippen LogP contribution in [0.4, 0.5) is 51.7 Å². The number of ether oxygens (including phenoxy) is 3. The Balaban J connectivity index is 0.000000251. The normalized spacial score (nSPS) is 12.3. The van der Waals surface area contributed by atoms with Gasteiger partial charge in [-0.15, -0.1) is 0 Å². The fourth-order valence-corrected chi connectivity index (χ4v) is 6.19. The number of methoxy groups -OCH3 is 3. The molecule has 1 aliphatic heterocycles. The van der Waals surface area contributed by atoms with Crippen LogP contribution in [0.5, 0.6) is 0 Å². The van der Waals surface area contributed by atoms with Crippen LogP contribution >= 0.6 is 34.2 Å². The second kappa shape index (κ2) is 23.9. The van der Waals surface area contributed by atoms with Crippen LogP contribution in [0.1, 0.15) is 44.9 Å². The molecule has 3 aromatic carbocycles. The van der Waals surface area contributed by atoms with Crippen molar-refractivity contribution in [3.8, 4) is 11.1 Å². The molecule has 0 aliphatic carbocycles. The summed E-state index contributed by atoms with van der Waals surface area (Å²) in [5.74, 6) is -7.22. The topological polar surface area (TPSA) is 331 Å². The van der Waals surface area contributed by atoms with Crippen LogP contribution in [0, 0.1) is 62.9 Å². The second-order valence-corrected chi connectivity index (χ2v) is 15.7. The average Bonchev–Trinajstić information content (AvgIpc) is 3.27. The van der Waals surface area contributed by atoms with Gasteiger partial charge in [-0.05, 0) is 82.1 Å². The van der Waals surface area contributed by atoms with Crippen LogP contribution in [0.15, 0.2) is 60.9 Å². The largest absolute Gasteiger partial charge is 0.494 e. The Morgan fingerprint density at radius 3 is 1.54 bits per heavy atom. The number of nitrogens with zero attached hydrogens (tertiary/aromatic N) is 5. The summed E-state index contributed by atoms with van der Waals surface area (Å²) in [6.07, 6.45) is 2.24. The summed E-state index contributed by atoms with van der Waals surface area (Å²) in [6, 6.07) is 9.69. The number of nitrogens with two attached hydrogens (primary N) is 3. The van der Waals surface area contributed by atoms with E-state index in [1.807, 2.05) is 13.8 Å². The second-order valence-electron chi connectivity index (χ2n) is 14.1. The van der Waals surface area contributed by atoms with Gasteiger partial charge in [-0.1, -0.05) is 25.4 Å². The van der Waals surface area contributed by atoms with Crippen molar-refractivity contribution in [2.45, 2.75) is 13.8 Å². The highest BCUT2D eigenvalue weighted by atomic mass is 127. The van der Waals surface area contributed by atoms with Crippen molar-refractivity contribution in [1.29, 1.82) is 0 Å². The summed E-state index contributed by atoms with van der Waals surface area (Å²) in [7, 11) is 2.56. The number of carbonyl (C=O) groups excluding carboxylic acids is 3. The average molecular weight is 1090 g/mol. The van der Waals surface area contributed by atoms with Crippen molar-refractivity contribution < 1.29 is 70.2 Å². The molecule has 1 fully saturated rings. The van der Waals surface area contributed by atoms with Gasteiger partial charge < -0.3 is 40.7 Å². The zero-order chi connectivity index (χ0) is 51.4. The van der Waals surface area contributed by atoms with Gasteiger partial charge in [0.2, 0.25) is 11.9 Å². The third-order valence-corrected chi connectivity index (χ3v) is 9.70. The lowest BCUT2D eigenvalue weighted by Gasteiger charge is -2.33. The Hall–Kier alpha value is -7.31. The Kier molecular flexibility index (Phi) is 19.4. The first-order chi connectivity index (χ1) is 31.8. The molecule has 1 aliphatic rings. The maximum absolute atomic E-state index is 13.8. The third-order valence-electron chi connectivity index (χ3n) is 8.65. The number of benzene rings is 3. The van der Waals surface area contributed by atoms with Crippen LogP contribution < -0.4 is 22.7 Å². The number of nitro benzene ring substituents is 3. The van der Waals surface area contributed by atoms with Crippen LogP contribution in [-0.4, -0.2) is 84.3 Å². The number of halogens is 6. The quantitative estimate of drug-likeness (QED) is 0.0169. The molecule has 29 heteroatoms. The fraction of sp³-hybridized carbons (Fsp3) is 0.205. The van der Waals surface area contributed by atoms with E-state index in [1.165, 1.54) is 30.5 Å². The molecule has 0 amide bonds. The van der Waals surface area contributed by atoms with E-state index in [0.29, 0.717) is 18.7 Å². The maximum Gasteiger partial charge on any atom is 0.494 e. The smallest absolute Gasteiger partial charge is 0.465 e. The molecule has 0 atom stereocenters. The van der Waals surface area contributed by atoms with Crippen molar-refractivity contribution >= 4 is 98.8 Å². The van der Waals surface area contributed by atoms with Crippen molar-refractivity contribution in [1.82, 2.24) is 9.97 Å². The Labute approximate surface area is 399 Å². The molecule has 6 rings (SSSR count). The van der Waals surface area contributed by atoms with Gasteiger partial charge in [0.15, 0.2) is 11.6 Å². The van der Waals surface area contributed by atoms with Gasteiger partial charge in [-0.2, -0.15) is 8.78 Å². The standard InChI is InChI=1S/C13H17BN2O6.C13H9F2N3O4.C8H7ClN2O4.C5H2F2IN/c1-13(2)6-21-14(22-7-13)8-4-9(12(17)20-3)11(16(18)19)10(15)5-8;1-22-13(19)8-4-6(5-9(16)11(8)18(20)21)7-2-3-17-12(15)10(7)14;1-15-8(12)5-2-4(9)3-6(10)7(5)11(13)14;6-4-3(8)1-2-9-5(4)7/h4-5H,6-7,15H2,1-3H3;2-5H,16H2,1H3;2-3H,10H2,1H3;1-2H. The van der Waals surface area contributed by atoms with E-state index in [-0.39, 0.29) is 53.3 Å².